The summed E-state index contributed by atoms with van der Waals surface area (Å²) < 4.78 is 2.53. The predicted octanol–water partition coefficient (Wildman–Crippen LogP) is 3.75. The zero-order valence-electron chi connectivity index (χ0n) is 11.2. The standard InChI is InChI=1S/C13H15BrN4O2/c1-3-17-8-10(7-15-17)9(2)16-13-5-4-11(18(19)20)6-12(13)14/h4-9,16H,3H2,1-2H3. The highest BCUT2D eigenvalue weighted by molar-refractivity contribution is 9.10. The van der Waals surface area contributed by atoms with Crippen LogP contribution in [0.4, 0.5) is 11.4 Å². The molecule has 0 radical (unpaired) electrons. The van der Waals surface area contributed by atoms with E-state index < -0.39 is 4.92 Å². The number of anilines is 1. The maximum atomic E-state index is 10.7. The van der Waals surface area contributed by atoms with Crippen LogP contribution in [0.1, 0.15) is 25.5 Å². The molecule has 2 rings (SSSR count). The highest BCUT2D eigenvalue weighted by atomic mass is 79.9. The number of nitro benzene ring substituents is 1. The number of hydrogen-bond acceptors (Lipinski definition) is 4. The molecule has 7 heteroatoms. The van der Waals surface area contributed by atoms with Crippen molar-refractivity contribution in [3.63, 3.8) is 0 Å². The summed E-state index contributed by atoms with van der Waals surface area (Å²) in [6.45, 7) is 4.88. The minimum Gasteiger partial charge on any atom is -0.377 e. The van der Waals surface area contributed by atoms with E-state index in [2.05, 4.69) is 26.3 Å². The molecular weight excluding hydrogens is 324 g/mol. The first-order chi connectivity index (χ1) is 9.51. The molecule has 1 atom stereocenters. The third kappa shape index (κ3) is 3.16. The Labute approximate surface area is 125 Å². The summed E-state index contributed by atoms with van der Waals surface area (Å²) in [5, 5.41) is 18.2. The number of aromatic nitrogens is 2. The molecule has 0 aliphatic carbocycles. The Bertz CT molecular complexity index is 627. The lowest BCUT2D eigenvalue weighted by molar-refractivity contribution is -0.384. The van der Waals surface area contributed by atoms with E-state index in [1.54, 1.807) is 6.07 Å². The van der Waals surface area contributed by atoms with Crippen LogP contribution >= 0.6 is 15.9 Å². The van der Waals surface area contributed by atoms with Crippen molar-refractivity contribution in [1.29, 1.82) is 0 Å². The Kier molecular flexibility index (Phi) is 4.39. The van der Waals surface area contributed by atoms with E-state index in [1.807, 2.05) is 30.9 Å². The van der Waals surface area contributed by atoms with Crippen LogP contribution in [0.15, 0.2) is 35.1 Å². The monoisotopic (exact) mass is 338 g/mol. The molecule has 0 spiro atoms. The van der Waals surface area contributed by atoms with Crippen LogP contribution in [-0.2, 0) is 6.54 Å². The summed E-state index contributed by atoms with van der Waals surface area (Å²) in [6, 6.07) is 4.73. The molecule has 1 heterocycles. The first-order valence-electron chi connectivity index (χ1n) is 6.24. The summed E-state index contributed by atoms with van der Waals surface area (Å²) >= 11 is 3.35. The summed E-state index contributed by atoms with van der Waals surface area (Å²) in [6.07, 6.45) is 3.80. The van der Waals surface area contributed by atoms with Gasteiger partial charge in [0.25, 0.3) is 5.69 Å². The molecule has 2 aromatic rings. The lowest BCUT2D eigenvalue weighted by atomic mass is 10.2. The van der Waals surface area contributed by atoms with Gasteiger partial charge in [0.1, 0.15) is 0 Å². The van der Waals surface area contributed by atoms with Gasteiger partial charge in [-0.15, -0.1) is 0 Å². The lowest BCUT2D eigenvalue weighted by Crippen LogP contribution is -2.06. The second-order valence-electron chi connectivity index (χ2n) is 4.42. The Morgan fingerprint density at radius 3 is 2.85 bits per heavy atom. The molecule has 106 valence electrons. The Balaban J connectivity index is 2.15. The third-order valence-corrected chi connectivity index (χ3v) is 3.67. The number of rotatable bonds is 5. The van der Waals surface area contributed by atoms with Crippen LogP contribution in [0.25, 0.3) is 0 Å². The number of non-ortho nitro benzene ring substituents is 1. The van der Waals surface area contributed by atoms with Crippen LogP contribution in [-0.4, -0.2) is 14.7 Å². The summed E-state index contributed by atoms with van der Waals surface area (Å²) in [5.41, 5.74) is 1.94. The van der Waals surface area contributed by atoms with E-state index in [-0.39, 0.29) is 11.7 Å². The van der Waals surface area contributed by atoms with Crippen molar-refractivity contribution >= 4 is 27.3 Å². The van der Waals surface area contributed by atoms with Gasteiger partial charge in [-0.3, -0.25) is 14.8 Å². The van der Waals surface area contributed by atoms with Crippen LogP contribution in [0.5, 0.6) is 0 Å². The number of nitrogens with zero attached hydrogens (tertiary/aromatic N) is 3. The molecule has 1 unspecified atom stereocenters. The maximum absolute atomic E-state index is 10.7. The van der Waals surface area contributed by atoms with Gasteiger partial charge in [0.05, 0.1) is 17.2 Å². The summed E-state index contributed by atoms with van der Waals surface area (Å²) in [4.78, 5) is 10.3. The third-order valence-electron chi connectivity index (χ3n) is 3.01. The largest absolute Gasteiger partial charge is 0.377 e. The minimum absolute atomic E-state index is 0.0630. The zero-order chi connectivity index (χ0) is 14.7. The normalized spacial score (nSPS) is 12.2. The quantitative estimate of drug-likeness (QED) is 0.665. The number of hydrogen-bond donors (Lipinski definition) is 1. The van der Waals surface area contributed by atoms with Gasteiger partial charge in [-0.25, -0.2) is 0 Å². The van der Waals surface area contributed by atoms with Gasteiger partial charge in [-0.2, -0.15) is 5.10 Å². The van der Waals surface area contributed by atoms with Crippen molar-refractivity contribution in [3.05, 3.63) is 50.7 Å². The Morgan fingerprint density at radius 1 is 1.55 bits per heavy atom. The van der Waals surface area contributed by atoms with Crippen LogP contribution < -0.4 is 5.32 Å². The average molecular weight is 339 g/mol. The van der Waals surface area contributed by atoms with Crippen LogP contribution in [0, 0.1) is 10.1 Å². The second kappa shape index (κ2) is 6.04. The zero-order valence-corrected chi connectivity index (χ0v) is 12.8. The van der Waals surface area contributed by atoms with Gasteiger partial charge in [-0.1, -0.05) is 0 Å². The molecule has 1 aromatic carbocycles. The molecule has 6 nitrogen and oxygen atoms in total. The van der Waals surface area contributed by atoms with Gasteiger partial charge in [-0.05, 0) is 35.8 Å². The van der Waals surface area contributed by atoms with Crippen LogP contribution in [0.2, 0.25) is 0 Å². The molecule has 0 saturated heterocycles. The molecule has 20 heavy (non-hydrogen) atoms. The van der Waals surface area contributed by atoms with Gasteiger partial charge >= 0.3 is 0 Å². The molecule has 0 fully saturated rings. The molecule has 1 aromatic heterocycles. The van der Waals surface area contributed by atoms with Gasteiger partial charge in [0.15, 0.2) is 0 Å². The number of halogens is 1. The molecular formula is C13H15BrN4O2. The smallest absolute Gasteiger partial charge is 0.270 e. The molecule has 1 N–H and O–H groups in total. The molecule has 0 saturated carbocycles. The van der Waals surface area contributed by atoms with Crippen molar-refractivity contribution in [2.75, 3.05) is 5.32 Å². The second-order valence-corrected chi connectivity index (χ2v) is 5.27. The van der Waals surface area contributed by atoms with Crippen molar-refractivity contribution in [1.82, 2.24) is 9.78 Å². The van der Waals surface area contributed by atoms with E-state index in [1.165, 1.54) is 12.1 Å². The number of aryl methyl sites for hydroxylation is 1. The summed E-state index contributed by atoms with van der Waals surface area (Å²) in [7, 11) is 0. The first-order valence-corrected chi connectivity index (χ1v) is 7.03. The summed E-state index contributed by atoms with van der Waals surface area (Å²) in [5.74, 6) is 0. The van der Waals surface area contributed by atoms with Crippen molar-refractivity contribution < 1.29 is 4.92 Å². The maximum Gasteiger partial charge on any atom is 0.270 e. The number of benzene rings is 1. The first kappa shape index (κ1) is 14.5. The fourth-order valence-corrected chi connectivity index (χ4v) is 2.31. The number of nitrogens with one attached hydrogen (secondary N) is 1. The SMILES string of the molecule is CCn1cc(C(C)Nc2ccc([N+](=O)[O-])cc2Br)cn1. The van der Waals surface area contributed by atoms with Gasteiger partial charge < -0.3 is 5.32 Å². The van der Waals surface area contributed by atoms with E-state index in [4.69, 9.17) is 0 Å². The molecule has 0 bridgehead atoms. The fraction of sp³-hybridized carbons (Fsp3) is 0.308. The van der Waals surface area contributed by atoms with E-state index in [9.17, 15) is 10.1 Å². The van der Waals surface area contributed by atoms with Gasteiger partial charge in [0.2, 0.25) is 0 Å². The van der Waals surface area contributed by atoms with Crippen molar-refractivity contribution in [3.8, 4) is 0 Å². The lowest BCUT2D eigenvalue weighted by Gasteiger charge is -2.14. The van der Waals surface area contributed by atoms with Gasteiger partial charge in [0, 0.05) is 40.6 Å². The molecule has 0 aliphatic rings. The van der Waals surface area contributed by atoms with E-state index >= 15 is 0 Å². The fourth-order valence-electron chi connectivity index (χ4n) is 1.83. The van der Waals surface area contributed by atoms with Crippen LogP contribution in [0.3, 0.4) is 0 Å². The van der Waals surface area contributed by atoms with Crippen molar-refractivity contribution in [2.45, 2.75) is 26.4 Å². The Morgan fingerprint density at radius 2 is 2.30 bits per heavy atom. The van der Waals surface area contributed by atoms with Crippen molar-refractivity contribution in [2.24, 2.45) is 0 Å². The highest BCUT2D eigenvalue weighted by Crippen LogP contribution is 2.29. The molecule has 0 amide bonds. The highest BCUT2D eigenvalue weighted by Gasteiger charge is 2.12. The van der Waals surface area contributed by atoms with E-state index in [0.29, 0.717) is 4.47 Å². The predicted molar refractivity (Wildman–Crippen MR) is 80.7 cm³/mol. The van der Waals surface area contributed by atoms with E-state index in [0.717, 1.165) is 17.8 Å². The topological polar surface area (TPSA) is 73.0 Å². The number of nitro groups is 1. The molecule has 0 aliphatic heterocycles. The average Bonchev–Trinajstić information content (AvgIpc) is 2.89. The minimum atomic E-state index is -0.413. The Hall–Kier alpha value is -1.89.